The Balaban J connectivity index is 1.70. The van der Waals surface area contributed by atoms with Gasteiger partial charge in [0.05, 0.1) is 40.5 Å². The lowest BCUT2D eigenvalue weighted by molar-refractivity contribution is -0.150. The van der Waals surface area contributed by atoms with E-state index in [0.29, 0.717) is 17.4 Å². The fourth-order valence-electron chi connectivity index (χ4n) is 3.24. The molecule has 0 aromatic carbocycles. The van der Waals surface area contributed by atoms with Crippen LogP contribution in [0.15, 0.2) is 11.4 Å². The van der Waals surface area contributed by atoms with Crippen LogP contribution in [0, 0.1) is 0 Å². The van der Waals surface area contributed by atoms with Crippen molar-refractivity contribution < 1.29 is 45.4 Å². The van der Waals surface area contributed by atoms with E-state index in [1.165, 1.54) is 17.3 Å². The van der Waals surface area contributed by atoms with Crippen LogP contribution in [-0.4, -0.2) is 60.9 Å². The number of thiophene rings is 1. The number of aromatic nitrogens is 1. The summed E-state index contributed by atoms with van der Waals surface area (Å²) in [6.45, 7) is -0.311. The molecular formula is C19H19F6N3O4S. The minimum atomic E-state index is -4.78. The second-order valence-electron chi connectivity index (χ2n) is 7.20. The second kappa shape index (κ2) is 9.71. The molecule has 0 spiro atoms. The third-order valence-corrected chi connectivity index (χ3v) is 5.91. The normalized spacial score (nSPS) is 15.7. The van der Waals surface area contributed by atoms with Gasteiger partial charge >= 0.3 is 18.4 Å². The Morgan fingerprint density at radius 3 is 2.45 bits per heavy atom. The Labute approximate surface area is 187 Å². The van der Waals surface area contributed by atoms with E-state index in [-0.39, 0.29) is 41.7 Å². The molecule has 1 aliphatic rings. The zero-order valence-electron chi connectivity index (χ0n) is 17.2. The molecule has 0 saturated carbocycles. The van der Waals surface area contributed by atoms with Crippen molar-refractivity contribution in [3.05, 3.63) is 22.6 Å². The van der Waals surface area contributed by atoms with E-state index in [2.05, 4.69) is 10.3 Å². The molecule has 1 aliphatic heterocycles. The van der Waals surface area contributed by atoms with Crippen molar-refractivity contribution in [3.63, 3.8) is 0 Å². The van der Waals surface area contributed by atoms with Gasteiger partial charge in [0.1, 0.15) is 0 Å². The number of nitrogens with one attached hydrogen (secondary N) is 1. The van der Waals surface area contributed by atoms with Gasteiger partial charge in [0.25, 0.3) is 5.91 Å². The maximum atomic E-state index is 13.5. The van der Waals surface area contributed by atoms with Gasteiger partial charge < -0.3 is 19.7 Å². The van der Waals surface area contributed by atoms with Crippen LogP contribution in [-0.2, 0) is 10.9 Å². The highest BCUT2D eigenvalue weighted by atomic mass is 32.1. The lowest BCUT2D eigenvalue weighted by Crippen LogP contribution is -2.42. The van der Waals surface area contributed by atoms with E-state index < -0.39 is 54.9 Å². The number of pyridine rings is 1. The van der Waals surface area contributed by atoms with Gasteiger partial charge in [-0.15, -0.1) is 11.3 Å². The smallest absolute Gasteiger partial charge is 0.391 e. The molecule has 0 bridgehead atoms. The number of hydrogen-bond donors (Lipinski definition) is 1. The number of carbonyl (C=O) groups is 2. The number of rotatable bonds is 5. The molecule has 33 heavy (non-hydrogen) atoms. The molecule has 1 saturated heterocycles. The fourth-order valence-corrected chi connectivity index (χ4v) is 4.27. The topological polar surface area (TPSA) is 80.8 Å². The summed E-state index contributed by atoms with van der Waals surface area (Å²) in [6, 6.07) is 0.595. The number of nitrogens with zero attached hydrogens (tertiary/aromatic N) is 2. The summed E-state index contributed by atoms with van der Waals surface area (Å²) in [5.41, 5.74) is -1.42. The van der Waals surface area contributed by atoms with E-state index in [4.69, 9.17) is 9.47 Å². The molecule has 3 rings (SSSR count). The van der Waals surface area contributed by atoms with Crippen LogP contribution in [0.4, 0.5) is 31.1 Å². The number of alkyl halides is 6. The Morgan fingerprint density at radius 2 is 1.88 bits per heavy atom. The van der Waals surface area contributed by atoms with Crippen molar-refractivity contribution in [1.29, 1.82) is 0 Å². The molecule has 0 atom stereocenters. The molecule has 7 nitrogen and oxygen atoms in total. The number of piperidine rings is 1. The first kappa shape index (κ1) is 25.0. The summed E-state index contributed by atoms with van der Waals surface area (Å²) in [6.07, 6.45) is -11.1. The van der Waals surface area contributed by atoms with E-state index in [9.17, 15) is 35.9 Å². The molecule has 0 aliphatic carbocycles. The van der Waals surface area contributed by atoms with Crippen LogP contribution in [0.5, 0.6) is 5.88 Å². The summed E-state index contributed by atoms with van der Waals surface area (Å²) < 4.78 is 87.2. The van der Waals surface area contributed by atoms with E-state index >= 15 is 0 Å². The van der Waals surface area contributed by atoms with Gasteiger partial charge in [0.15, 0.2) is 0 Å². The first-order valence-corrected chi connectivity index (χ1v) is 10.6. The predicted octanol–water partition coefficient (Wildman–Crippen LogP) is 4.61. The highest BCUT2D eigenvalue weighted by Gasteiger charge is 2.36. The lowest BCUT2D eigenvalue weighted by Gasteiger charge is -2.31. The summed E-state index contributed by atoms with van der Waals surface area (Å²) in [4.78, 5) is 29.6. The molecule has 1 N–H and O–H groups in total. The highest BCUT2D eigenvalue weighted by molar-refractivity contribution is 7.17. The van der Waals surface area contributed by atoms with Crippen LogP contribution < -0.4 is 10.1 Å². The van der Waals surface area contributed by atoms with Gasteiger partial charge in [0.2, 0.25) is 5.88 Å². The molecule has 2 aromatic heterocycles. The quantitative estimate of drug-likeness (QED) is 0.608. The van der Waals surface area contributed by atoms with Crippen LogP contribution >= 0.6 is 11.3 Å². The SMILES string of the molecule is CNC(=O)c1csc2c(C(F)(F)F)cc(OC(=O)N3CCC(OCCC(F)(F)F)CC3)nc12. The molecule has 14 heteroatoms. The van der Waals surface area contributed by atoms with Crippen molar-refractivity contribution in [2.45, 2.75) is 37.7 Å². The van der Waals surface area contributed by atoms with Gasteiger partial charge in [0, 0.05) is 31.6 Å². The number of likely N-dealkylation sites (tertiary alicyclic amines) is 1. The van der Waals surface area contributed by atoms with E-state index in [1.54, 1.807) is 0 Å². The largest absolute Gasteiger partial charge is 0.418 e. The maximum absolute atomic E-state index is 13.5. The number of amides is 2. The van der Waals surface area contributed by atoms with Crippen molar-refractivity contribution >= 4 is 33.6 Å². The number of hydrogen-bond acceptors (Lipinski definition) is 6. The molecule has 1 fully saturated rings. The van der Waals surface area contributed by atoms with Crippen LogP contribution in [0.3, 0.4) is 0 Å². The van der Waals surface area contributed by atoms with Crippen molar-refractivity contribution in [3.8, 4) is 5.88 Å². The average Bonchev–Trinajstić information content (AvgIpc) is 3.15. The lowest BCUT2D eigenvalue weighted by atomic mass is 10.1. The average molecular weight is 499 g/mol. The van der Waals surface area contributed by atoms with Crippen molar-refractivity contribution in [2.24, 2.45) is 0 Å². The summed E-state index contributed by atoms with van der Waals surface area (Å²) in [5, 5.41) is 3.55. The molecular weight excluding hydrogens is 480 g/mol. The highest BCUT2D eigenvalue weighted by Crippen LogP contribution is 2.40. The first-order chi connectivity index (χ1) is 15.4. The Morgan fingerprint density at radius 1 is 1.21 bits per heavy atom. The zero-order valence-corrected chi connectivity index (χ0v) is 18.0. The fraction of sp³-hybridized carbons (Fsp3) is 0.526. The standard InChI is InChI=1S/C19H19F6N3O4S/c1-26-16(29)11-9-33-15-12(19(23,24)25)8-13(27-14(11)15)32-17(30)28-5-2-10(3-6-28)31-7-4-18(20,21)22/h8-10H,2-7H2,1H3,(H,26,29). The van der Waals surface area contributed by atoms with Crippen LogP contribution in [0.25, 0.3) is 10.2 Å². The number of ether oxygens (including phenoxy) is 2. The maximum Gasteiger partial charge on any atom is 0.418 e. The molecule has 0 unspecified atom stereocenters. The Bertz CT molecular complexity index is 1020. The summed E-state index contributed by atoms with van der Waals surface area (Å²) >= 11 is 0.696. The third-order valence-electron chi connectivity index (χ3n) is 4.91. The predicted molar refractivity (Wildman–Crippen MR) is 105 cm³/mol. The molecule has 182 valence electrons. The van der Waals surface area contributed by atoms with E-state index in [0.717, 1.165) is 0 Å². The van der Waals surface area contributed by atoms with Gasteiger partial charge in [-0.3, -0.25) is 4.79 Å². The Kier molecular flexibility index (Phi) is 7.36. The minimum absolute atomic E-state index is 0.0854. The number of halogens is 6. The Hall–Kier alpha value is -2.61. The minimum Gasteiger partial charge on any atom is -0.391 e. The molecule has 2 aromatic rings. The zero-order chi connectivity index (χ0) is 24.4. The van der Waals surface area contributed by atoms with Gasteiger partial charge in [-0.1, -0.05) is 0 Å². The molecule has 2 amide bonds. The summed E-state index contributed by atoms with van der Waals surface area (Å²) in [7, 11) is 1.32. The van der Waals surface area contributed by atoms with Gasteiger partial charge in [-0.05, 0) is 12.8 Å². The third kappa shape index (κ3) is 6.25. The van der Waals surface area contributed by atoms with Crippen LogP contribution in [0.2, 0.25) is 0 Å². The number of carbonyl (C=O) groups excluding carboxylic acids is 2. The van der Waals surface area contributed by atoms with Gasteiger partial charge in [-0.25, -0.2) is 9.78 Å². The van der Waals surface area contributed by atoms with Crippen molar-refractivity contribution in [1.82, 2.24) is 15.2 Å². The van der Waals surface area contributed by atoms with Crippen LogP contribution in [0.1, 0.15) is 35.2 Å². The van der Waals surface area contributed by atoms with Gasteiger partial charge in [-0.2, -0.15) is 26.3 Å². The first-order valence-electron chi connectivity index (χ1n) is 9.75. The number of fused-ring (bicyclic) bond motifs is 1. The second-order valence-corrected chi connectivity index (χ2v) is 8.08. The summed E-state index contributed by atoms with van der Waals surface area (Å²) in [5.74, 6) is -1.26. The molecule has 3 heterocycles. The molecule has 0 radical (unpaired) electrons. The van der Waals surface area contributed by atoms with Crippen molar-refractivity contribution in [2.75, 3.05) is 26.7 Å². The monoisotopic (exact) mass is 499 g/mol. The van der Waals surface area contributed by atoms with E-state index in [1.807, 2.05) is 0 Å².